The van der Waals surface area contributed by atoms with E-state index in [1.807, 2.05) is 0 Å². The van der Waals surface area contributed by atoms with Crippen LogP contribution in [0.5, 0.6) is 0 Å². The predicted octanol–water partition coefficient (Wildman–Crippen LogP) is 2.15. The third-order valence-corrected chi connectivity index (χ3v) is 6.52. The number of nitrogens with zero attached hydrogens (tertiary/aromatic N) is 2. The number of hydrogen-bond acceptors (Lipinski definition) is 7. The quantitative estimate of drug-likeness (QED) is 0.504. The summed E-state index contributed by atoms with van der Waals surface area (Å²) in [5.74, 6) is -3.63. The van der Waals surface area contributed by atoms with Gasteiger partial charge in [0.2, 0.25) is 11.8 Å². The number of benzene rings is 1. The number of carbonyl (C=O) groups excluding carboxylic acids is 3. The smallest absolute Gasteiger partial charge is 0.424 e. The topological polar surface area (TPSA) is 106 Å². The number of anilines is 1. The van der Waals surface area contributed by atoms with Crippen LogP contribution in [0.4, 0.5) is 23.7 Å². The monoisotopic (exact) mass is 422 g/mol. The molecule has 6 atom stereocenters. The van der Waals surface area contributed by atoms with Crippen molar-refractivity contribution in [2.75, 3.05) is 4.90 Å². The van der Waals surface area contributed by atoms with Crippen LogP contribution in [0.2, 0.25) is 0 Å². The lowest BCUT2D eigenvalue weighted by atomic mass is 9.66. The van der Waals surface area contributed by atoms with Gasteiger partial charge in [0.1, 0.15) is 11.2 Å². The maximum atomic E-state index is 13.4. The minimum atomic E-state index is -4.85. The number of nitriles is 1. The maximum absolute atomic E-state index is 13.4. The number of carbonyl (C=O) groups is 3. The fourth-order valence-corrected chi connectivity index (χ4v) is 5.35. The molecule has 2 unspecified atom stereocenters. The van der Waals surface area contributed by atoms with Gasteiger partial charge >= 0.3 is 12.3 Å². The lowest BCUT2D eigenvalue weighted by Crippen LogP contribution is -2.56. The molecular weight excluding hydrogens is 409 g/mol. The van der Waals surface area contributed by atoms with Crippen LogP contribution in [0.15, 0.2) is 18.2 Å². The number of halogens is 3. The number of imide groups is 1. The molecule has 156 valence electrons. The Morgan fingerprint density at radius 1 is 1.03 bits per heavy atom. The second kappa shape index (κ2) is 5.31. The number of hydrogen-bond donors (Lipinski definition) is 0. The second-order valence-corrected chi connectivity index (χ2v) is 8.10. The van der Waals surface area contributed by atoms with Crippen LogP contribution in [0, 0.1) is 23.2 Å². The van der Waals surface area contributed by atoms with Crippen molar-refractivity contribution in [3.05, 3.63) is 29.3 Å². The molecule has 0 radical (unpaired) electrons. The normalized spacial score (nSPS) is 38.9. The summed E-state index contributed by atoms with van der Waals surface area (Å²) >= 11 is 0. The zero-order valence-corrected chi connectivity index (χ0v) is 15.5. The molecular formula is C19H13F3N2O6. The molecule has 1 aromatic rings. The zero-order chi connectivity index (χ0) is 21.8. The number of amides is 2. The van der Waals surface area contributed by atoms with Crippen molar-refractivity contribution >= 4 is 23.7 Å². The zero-order valence-electron chi connectivity index (χ0n) is 15.5. The Labute approximate surface area is 167 Å². The van der Waals surface area contributed by atoms with Crippen molar-refractivity contribution in [3.63, 3.8) is 0 Å². The molecule has 4 saturated heterocycles. The highest BCUT2D eigenvalue weighted by molar-refractivity contribution is 6.23. The molecule has 4 heterocycles. The Kier molecular flexibility index (Phi) is 3.34. The molecule has 5 rings (SSSR count). The first-order valence-corrected chi connectivity index (χ1v) is 9.00. The standard InChI is InChI=1S/C19H13F3N2O6/c1-17-10-11(18(2,30-17)13-12(17)28-16(27)29-13)15(26)24(14(10)25)8-4-3-7(6-23)9(5-8)19(20,21)22/h3-5,10-13H,1-2H3/t10-,11+,12-,13+,17?,18?. The Morgan fingerprint density at radius 3 is 2.03 bits per heavy atom. The van der Waals surface area contributed by atoms with Crippen molar-refractivity contribution in [2.45, 2.75) is 43.4 Å². The SMILES string of the molecule is CC12OC(C)([C@@H]3OC(=O)O[C@@H]31)[C@H]1C(=O)N(c3ccc(C#N)c(C(F)(F)F)c3)C(=O)[C@H]12. The Hall–Kier alpha value is -3.13. The van der Waals surface area contributed by atoms with Crippen LogP contribution in [0.1, 0.15) is 25.0 Å². The second-order valence-electron chi connectivity index (χ2n) is 8.10. The first-order valence-electron chi connectivity index (χ1n) is 9.00. The molecule has 2 amide bonds. The maximum Gasteiger partial charge on any atom is 0.509 e. The highest BCUT2D eigenvalue weighted by Crippen LogP contribution is 2.63. The van der Waals surface area contributed by atoms with E-state index in [0.717, 1.165) is 12.1 Å². The van der Waals surface area contributed by atoms with Gasteiger partial charge in [-0.15, -0.1) is 0 Å². The van der Waals surface area contributed by atoms with E-state index in [9.17, 15) is 27.6 Å². The molecule has 0 saturated carbocycles. The highest BCUT2D eigenvalue weighted by atomic mass is 19.4. The van der Waals surface area contributed by atoms with Gasteiger partial charge in [0.15, 0.2) is 12.2 Å². The highest BCUT2D eigenvalue weighted by Gasteiger charge is 2.83. The number of rotatable bonds is 1. The molecule has 11 heteroatoms. The Balaban J connectivity index is 1.60. The molecule has 0 N–H and O–H groups in total. The fraction of sp³-hybridized carbons (Fsp3) is 0.474. The molecule has 30 heavy (non-hydrogen) atoms. The predicted molar refractivity (Wildman–Crippen MR) is 88.7 cm³/mol. The first-order chi connectivity index (χ1) is 13.9. The van der Waals surface area contributed by atoms with Gasteiger partial charge < -0.3 is 14.2 Å². The fourth-order valence-electron chi connectivity index (χ4n) is 5.35. The molecule has 8 nitrogen and oxygen atoms in total. The van der Waals surface area contributed by atoms with Crippen molar-refractivity contribution in [1.29, 1.82) is 5.26 Å². The van der Waals surface area contributed by atoms with E-state index in [1.165, 1.54) is 19.9 Å². The summed E-state index contributed by atoms with van der Waals surface area (Å²) in [6.07, 6.45) is -7.61. The Morgan fingerprint density at radius 2 is 1.57 bits per heavy atom. The van der Waals surface area contributed by atoms with Gasteiger partial charge in [-0.1, -0.05) is 0 Å². The molecule has 0 aliphatic carbocycles. The van der Waals surface area contributed by atoms with Crippen molar-refractivity contribution in [3.8, 4) is 6.07 Å². The molecule has 1 aromatic carbocycles. The average Bonchev–Trinajstić information content (AvgIpc) is 3.31. The van der Waals surface area contributed by atoms with E-state index < -0.39 is 70.5 Å². The van der Waals surface area contributed by atoms with Gasteiger partial charge in [-0.05, 0) is 32.0 Å². The van der Waals surface area contributed by atoms with E-state index in [4.69, 9.17) is 19.5 Å². The average molecular weight is 422 g/mol. The van der Waals surface area contributed by atoms with Crippen LogP contribution < -0.4 is 4.90 Å². The molecule has 4 aliphatic rings. The van der Waals surface area contributed by atoms with Crippen LogP contribution >= 0.6 is 0 Å². The summed E-state index contributed by atoms with van der Waals surface area (Å²) in [6.45, 7) is 3.05. The van der Waals surface area contributed by atoms with Gasteiger partial charge in [-0.2, -0.15) is 18.4 Å². The molecule has 4 fully saturated rings. The lowest BCUT2D eigenvalue weighted by Gasteiger charge is -2.33. The van der Waals surface area contributed by atoms with Crippen LogP contribution in [0.25, 0.3) is 0 Å². The third-order valence-electron chi connectivity index (χ3n) is 6.52. The van der Waals surface area contributed by atoms with Crippen LogP contribution in [-0.4, -0.2) is 41.4 Å². The number of fused-ring (bicyclic) bond motifs is 8. The minimum absolute atomic E-state index is 0.291. The number of alkyl halides is 3. The Bertz CT molecular complexity index is 1040. The summed E-state index contributed by atoms with van der Waals surface area (Å²) < 4.78 is 56.4. The first kappa shape index (κ1) is 18.9. The van der Waals surface area contributed by atoms with E-state index >= 15 is 0 Å². The largest absolute Gasteiger partial charge is 0.509 e. The minimum Gasteiger partial charge on any atom is -0.424 e. The van der Waals surface area contributed by atoms with Crippen molar-refractivity contribution in [1.82, 2.24) is 0 Å². The van der Waals surface area contributed by atoms with Gasteiger partial charge in [-0.3, -0.25) is 9.59 Å². The van der Waals surface area contributed by atoms with Gasteiger partial charge in [0, 0.05) is 0 Å². The summed E-state index contributed by atoms with van der Waals surface area (Å²) in [4.78, 5) is 38.7. The van der Waals surface area contributed by atoms with Crippen molar-refractivity contribution < 1.29 is 41.8 Å². The van der Waals surface area contributed by atoms with Gasteiger partial charge in [-0.25, -0.2) is 9.69 Å². The van der Waals surface area contributed by atoms with E-state index in [2.05, 4.69) is 0 Å². The summed E-state index contributed by atoms with van der Waals surface area (Å²) in [6, 6.07) is 4.11. The summed E-state index contributed by atoms with van der Waals surface area (Å²) in [5, 5.41) is 8.96. The van der Waals surface area contributed by atoms with E-state index in [-0.39, 0.29) is 5.69 Å². The van der Waals surface area contributed by atoms with Crippen LogP contribution in [-0.2, 0) is 30.0 Å². The third kappa shape index (κ3) is 2.01. The van der Waals surface area contributed by atoms with E-state index in [1.54, 1.807) is 0 Å². The molecule has 2 bridgehead atoms. The lowest BCUT2D eigenvalue weighted by molar-refractivity contribution is -0.138. The summed E-state index contributed by atoms with van der Waals surface area (Å²) in [7, 11) is 0. The van der Waals surface area contributed by atoms with Gasteiger partial charge in [0.05, 0.1) is 34.7 Å². The summed E-state index contributed by atoms with van der Waals surface area (Å²) in [5.41, 5.74) is -4.89. The molecule has 0 spiro atoms. The molecule has 4 aliphatic heterocycles. The molecule has 0 aromatic heterocycles. The van der Waals surface area contributed by atoms with Crippen LogP contribution in [0.3, 0.4) is 0 Å². The number of ether oxygens (including phenoxy) is 3. The van der Waals surface area contributed by atoms with Crippen molar-refractivity contribution in [2.24, 2.45) is 11.8 Å². The van der Waals surface area contributed by atoms with E-state index in [0.29, 0.717) is 11.0 Å². The van der Waals surface area contributed by atoms with Gasteiger partial charge in [0.25, 0.3) is 0 Å².